The lowest BCUT2D eigenvalue weighted by Gasteiger charge is -2.09. The molecular formula is C6H14OS2. The molecule has 0 saturated heterocycles. The number of ether oxygens (including phenoxy) is 1. The standard InChI is InChI=1S/C6H14OS2/c1-4-6(7-2)5-9-8-3/h6H,4-5H2,1-3H3. The molecule has 1 atom stereocenters. The first-order valence-corrected chi connectivity index (χ1v) is 5.76. The molecule has 0 saturated carbocycles. The summed E-state index contributed by atoms with van der Waals surface area (Å²) < 4.78 is 5.17. The molecule has 9 heavy (non-hydrogen) atoms. The van der Waals surface area contributed by atoms with E-state index in [2.05, 4.69) is 13.2 Å². The maximum atomic E-state index is 5.17. The minimum Gasteiger partial charge on any atom is -0.381 e. The number of hydrogen-bond donors (Lipinski definition) is 0. The molecule has 0 aliphatic rings. The number of rotatable bonds is 5. The van der Waals surface area contributed by atoms with Gasteiger partial charge in [-0.2, -0.15) is 0 Å². The summed E-state index contributed by atoms with van der Waals surface area (Å²) in [7, 11) is 5.43. The van der Waals surface area contributed by atoms with Crippen LogP contribution >= 0.6 is 21.6 Å². The van der Waals surface area contributed by atoms with Crippen molar-refractivity contribution in [1.82, 2.24) is 0 Å². The van der Waals surface area contributed by atoms with Gasteiger partial charge in [-0.25, -0.2) is 0 Å². The zero-order valence-electron chi connectivity index (χ0n) is 6.22. The largest absolute Gasteiger partial charge is 0.381 e. The zero-order chi connectivity index (χ0) is 7.11. The molecule has 0 aromatic carbocycles. The topological polar surface area (TPSA) is 9.23 Å². The predicted octanol–water partition coefficient (Wildman–Crippen LogP) is 2.42. The molecule has 0 bridgehead atoms. The van der Waals surface area contributed by atoms with E-state index in [1.165, 1.54) is 0 Å². The molecule has 56 valence electrons. The highest BCUT2D eigenvalue weighted by Crippen LogP contribution is 2.19. The van der Waals surface area contributed by atoms with Crippen molar-refractivity contribution in [2.24, 2.45) is 0 Å². The van der Waals surface area contributed by atoms with E-state index >= 15 is 0 Å². The van der Waals surface area contributed by atoms with Crippen molar-refractivity contribution in [3.8, 4) is 0 Å². The van der Waals surface area contributed by atoms with Gasteiger partial charge in [-0.15, -0.1) is 0 Å². The monoisotopic (exact) mass is 166 g/mol. The molecule has 3 heteroatoms. The molecular weight excluding hydrogens is 152 g/mol. The molecule has 0 aromatic rings. The van der Waals surface area contributed by atoms with Crippen molar-refractivity contribution in [3.05, 3.63) is 0 Å². The third-order valence-electron chi connectivity index (χ3n) is 1.16. The first-order valence-electron chi connectivity index (χ1n) is 3.03. The maximum Gasteiger partial charge on any atom is 0.0667 e. The summed E-state index contributed by atoms with van der Waals surface area (Å²) in [5.41, 5.74) is 0. The van der Waals surface area contributed by atoms with Gasteiger partial charge in [-0.05, 0) is 12.7 Å². The Kier molecular flexibility index (Phi) is 7.27. The summed E-state index contributed by atoms with van der Waals surface area (Å²) in [4.78, 5) is 0. The molecule has 0 spiro atoms. The van der Waals surface area contributed by atoms with E-state index in [0.29, 0.717) is 6.10 Å². The smallest absolute Gasteiger partial charge is 0.0667 e. The highest BCUT2D eigenvalue weighted by Gasteiger charge is 2.01. The summed E-state index contributed by atoms with van der Waals surface area (Å²) in [5, 5.41) is 0. The van der Waals surface area contributed by atoms with Crippen LogP contribution in [0.3, 0.4) is 0 Å². The highest BCUT2D eigenvalue weighted by molar-refractivity contribution is 8.76. The average Bonchev–Trinajstić information content (AvgIpc) is 1.91. The van der Waals surface area contributed by atoms with Crippen molar-refractivity contribution in [2.45, 2.75) is 19.4 Å². The molecule has 0 aromatic heterocycles. The van der Waals surface area contributed by atoms with Gasteiger partial charge in [0.1, 0.15) is 0 Å². The fourth-order valence-electron chi connectivity index (χ4n) is 0.496. The van der Waals surface area contributed by atoms with Crippen LogP contribution < -0.4 is 0 Å². The van der Waals surface area contributed by atoms with Gasteiger partial charge in [-0.3, -0.25) is 0 Å². The van der Waals surface area contributed by atoms with Crippen LogP contribution in [0, 0.1) is 0 Å². The van der Waals surface area contributed by atoms with Gasteiger partial charge >= 0.3 is 0 Å². The van der Waals surface area contributed by atoms with Gasteiger partial charge in [0.15, 0.2) is 0 Å². The minimum absolute atomic E-state index is 0.447. The van der Waals surface area contributed by atoms with Crippen LogP contribution in [0.5, 0.6) is 0 Å². The lowest BCUT2D eigenvalue weighted by molar-refractivity contribution is 0.119. The van der Waals surface area contributed by atoms with Crippen LogP contribution in [-0.2, 0) is 4.74 Å². The maximum absolute atomic E-state index is 5.17. The van der Waals surface area contributed by atoms with E-state index in [0.717, 1.165) is 12.2 Å². The normalized spacial score (nSPS) is 13.7. The second kappa shape index (κ2) is 6.78. The Bertz CT molecular complexity index is 55.0. The van der Waals surface area contributed by atoms with Gasteiger partial charge in [0.2, 0.25) is 0 Å². The molecule has 1 nitrogen and oxygen atoms in total. The van der Waals surface area contributed by atoms with E-state index in [1.807, 2.05) is 10.8 Å². The van der Waals surface area contributed by atoms with Gasteiger partial charge in [-0.1, -0.05) is 28.5 Å². The third-order valence-corrected chi connectivity index (χ3v) is 3.02. The first-order chi connectivity index (χ1) is 4.35. The van der Waals surface area contributed by atoms with Crippen LogP contribution in [0.4, 0.5) is 0 Å². The molecule has 0 amide bonds. The van der Waals surface area contributed by atoms with Crippen molar-refractivity contribution in [3.63, 3.8) is 0 Å². The fourth-order valence-corrected chi connectivity index (χ4v) is 2.02. The summed E-state index contributed by atoms with van der Waals surface area (Å²) in [5.74, 6) is 1.11. The van der Waals surface area contributed by atoms with Crippen LogP contribution in [0.2, 0.25) is 0 Å². The average molecular weight is 166 g/mol. The molecule has 0 aliphatic heterocycles. The SMILES string of the molecule is CCC(CSSC)OC. The second-order valence-corrected chi connectivity index (χ2v) is 4.33. The molecule has 0 heterocycles. The quantitative estimate of drug-likeness (QED) is 0.581. The van der Waals surface area contributed by atoms with E-state index in [9.17, 15) is 0 Å². The van der Waals surface area contributed by atoms with Gasteiger partial charge in [0.25, 0.3) is 0 Å². The first kappa shape index (κ1) is 9.66. The fraction of sp³-hybridized carbons (Fsp3) is 1.00. The van der Waals surface area contributed by atoms with Crippen molar-refractivity contribution < 1.29 is 4.74 Å². The Labute approximate surface area is 65.3 Å². The van der Waals surface area contributed by atoms with Gasteiger partial charge < -0.3 is 4.74 Å². The third kappa shape index (κ3) is 5.12. The Morgan fingerprint density at radius 2 is 2.22 bits per heavy atom. The van der Waals surface area contributed by atoms with E-state index < -0.39 is 0 Å². The summed E-state index contributed by atoms with van der Waals surface area (Å²) in [6, 6.07) is 0. The van der Waals surface area contributed by atoms with Gasteiger partial charge in [0, 0.05) is 12.9 Å². The van der Waals surface area contributed by atoms with Crippen LogP contribution in [0.25, 0.3) is 0 Å². The Morgan fingerprint density at radius 1 is 1.56 bits per heavy atom. The molecule has 1 unspecified atom stereocenters. The van der Waals surface area contributed by atoms with Crippen molar-refractivity contribution >= 4 is 21.6 Å². The van der Waals surface area contributed by atoms with Crippen molar-refractivity contribution in [1.29, 1.82) is 0 Å². The van der Waals surface area contributed by atoms with E-state index in [4.69, 9.17) is 4.74 Å². The van der Waals surface area contributed by atoms with Crippen LogP contribution in [-0.4, -0.2) is 25.2 Å². The lowest BCUT2D eigenvalue weighted by atomic mass is 10.3. The zero-order valence-corrected chi connectivity index (χ0v) is 7.85. The predicted molar refractivity (Wildman–Crippen MR) is 47.1 cm³/mol. The Hall–Kier alpha value is 0.660. The lowest BCUT2D eigenvalue weighted by Crippen LogP contribution is -2.10. The Morgan fingerprint density at radius 3 is 2.56 bits per heavy atom. The van der Waals surface area contributed by atoms with E-state index in [-0.39, 0.29) is 0 Å². The van der Waals surface area contributed by atoms with Crippen molar-refractivity contribution in [2.75, 3.05) is 19.1 Å². The Balaban J connectivity index is 3.09. The second-order valence-electron chi connectivity index (χ2n) is 1.72. The van der Waals surface area contributed by atoms with Crippen LogP contribution in [0.1, 0.15) is 13.3 Å². The molecule has 0 rings (SSSR count). The summed E-state index contributed by atoms with van der Waals surface area (Å²) >= 11 is 0. The molecule has 0 aliphatic carbocycles. The highest BCUT2D eigenvalue weighted by atomic mass is 33.1. The number of methoxy groups -OCH3 is 1. The summed E-state index contributed by atoms with van der Waals surface area (Å²) in [6.45, 7) is 2.15. The van der Waals surface area contributed by atoms with E-state index in [1.54, 1.807) is 17.9 Å². The van der Waals surface area contributed by atoms with Crippen LogP contribution in [0.15, 0.2) is 0 Å². The van der Waals surface area contributed by atoms with Gasteiger partial charge in [0.05, 0.1) is 6.10 Å². The molecule has 0 fully saturated rings. The minimum atomic E-state index is 0.447. The molecule has 0 radical (unpaired) electrons. The molecule has 0 N–H and O–H groups in total. The summed E-state index contributed by atoms with van der Waals surface area (Å²) in [6.07, 6.45) is 3.65. The number of hydrogen-bond acceptors (Lipinski definition) is 3.